The summed E-state index contributed by atoms with van der Waals surface area (Å²) in [6, 6.07) is 24.4. The molecule has 0 fully saturated rings. The summed E-state index contributed by atoms with van der Waals surface area (Å²) in [6.07, 6.45) is -2.04. The molecule has 0 aliphatic heterocycles. The molecule has 0 bridgehead atoms. The van der Waals surface area contributed by atoms with Crippen molar-refractivity contribution in [3.63, 3.8) is 0 Å². The number of benzene rings is 3. The standard InChI is InChI=1S/C28H20F3N7O/c29-28(30,31)26-24(21-10-12-23(13-11-21)39-22-4-2-1-3-5-22)15-33-27(36-26)34-16-25-37-35-18-38(25)17-20-8-6-19(14-32)7-9-20/h1-13,15,18H,16-17H2,(H,33,34,36). The molecule has 0 saturated carbocycles. The highest BCUT2D eigenvalue weighted by Crippen LogP contribution is 2.36. The third-order valence-corrected chi connectivity index (χ3v) is 5.74. The number of nitrogens with one attached hydrogen (secondary N) is 1. The number of alkyl halides is 3. The van der Waals surface area contributed by atoms with E-state index in [1.165, 1.54) is 18.5 Å². The first-order valence-corrected chi connectivity index (χ1v) is 11.8. The molecule has 5 aromatic rings. The Morgan fingerprint density at radius 3 is 2.33 bits per heavy atom. The van der Waals surface area contributed by atoms with E-state index < -0.39 is 11.9 Å². The lowest BCUT2D eigenvalue weighted by Crippen LogP contribution is -2.15. The second-order valence-corrected chi connectivity index (χ2v) is 8.43. The van der Waals surface area contributed by atoms with Crippen LogP contribution in [0.15, 0.2) is 91.4 Å². The van der Waals surface area contributed by atoms with Crippen molar-refractivity contribution in [3.8, 4) is 28.7 Å². The quantitative estimate of drug-likeness (QED) is 0.261. The molecule has 0 amide bonds. The second-order valence-electron chi connectivity index (χ2n) is 8.43. The second kappa shape index (κ2) is 11.0. The van der Waals surface area contributed by atoms with Crippen LogP contribution in [0.5, 0.6) is 11.5 Å². The molecule has 3 aromatic carbocycles. The van der Waals surface area contributed by atoms with E-state index in [0.717, 1.165) is 11.8 Å². The van der Waals surface area contributed by atoms with E-state index in [-0.39, 0.29) is 18.1 Å². The molecule has 2 aromatic heterocycles. The SMILES string of the molecule is N#Cc1ccc(Cn2cnnc2CNc2ncc(-c3ccc(Oc4ccccc4)cc3)c(C(F)(F)F)n2)cc1. The van der Waals surface area contributed by atoms with Gasteiger partial charge in [0.1, 0.15) is 17.8 Å². The van der Waals surface area contributed by atoms with Gasteiger partial charge >= 0.3 is 6.18 Å². The summed E-state index contributed by atoms with van der Waals surface area (Å²) >= 11 is 0. The van der Waals surface area contributed by atoms with E-state index in [2.05, 4.69) is 31.6 Å². The van der Waals surface area contributed by atoms with Crippen molar-refractivity contribution in [1.29, 1.82) is 5.26 Å². The number of nitrogens with zero attached hydrogens (tertiary/aromatic N) is 6. The molecule has 194 valence electrons. The van der Waals surface area contributed by atoms with Crippen molar-refractivity contribution >= 4 is 5.95 Å². The number of hydrogen-bond acceptors (Lipinski definition) is 7. The lowest BCUT2D eigenvalue weighted by Gasteiger charge is -2.14. The number of hydrogen-bond donors (Lipinski definition) is 1. The molecule has 11 heteroatoms. The van der Waals surface area contributed by atoms with Gasteiger partial charge in [0, 0.05) is 11.8 Å². The molecule has 8 nitrogen and oxygen atoms in total. The number of anilines is 1. The minimum Gasteiger partial charge on any atom is -0.457 e. The minimum atomic E-state index is -4.70. The molecule has 1 N–H and O–H groups in total. The average Bonchev–Trinajstić information content (AvgIpc) is 3.39. The molecule has 0 aliphatic rings. The van der Waals surface area contributed by atoms with E-state index in [1.54, 1.807) is 41.0 Å². The summed E-state index contributed by atoms with van der Waals surface area (Å²) in [7, 11) is 0. The largest absolute Gasteiger partial charge is 0.457 e. The van der Waals surface area contributed by atoms with Gasteiger partial charge < -0.3 is 14.6 Å². The molecule has 0 atom stereocenters. The zero-order valence-electron chi connectivity index (χ0n) is 20.3. The van der Waals surface area contributed by atoms with Gasteiger partial charge in [0.2, 0.25) is 5.95 Å². The van der Waals surface area contributed by atoms with E-state index in [4.69, 9.17) is 10.00 Å². The summed E-state index contributed by atoms with van der Waals surface area (Å²) in [5, 5.41) is 19.7. The fourth-order valence-electron chi connectivity index (χ4n) is 3.81. The molecule has 0 unspecified atom stereocenters. The Morgan fingerprint density at radius 1 is 0.923 bits per heavy atom. The number of para-hydroxylation sites is 1. The molecular formula is C28H20F3N7O. The van der Waals surface area contributed by atoms with Gasteiger partial charge in [-0.25, -0.2) is 9.97 Å². The Hall–Kier alpha value is -5.24. The van der Waals surface area contributed by atoms with Crippen molar-refractivity contribution in [2.45, 2.75) is 19.3 Å². The molecule has 0 radical (unpaired) electrons. The van der Waals surface area contributed by atoms with Crippen LogP contribution in [0.25, 0.3) is 11.1 Å². The Balaban J connectivity index is 1.31. The van der Waals surface area contributed by atoms with Crippen molar-refractivity contribution in [2.24, 2.45) is 0 Å². The minimum absolute atomic E-state index is 0.0540. The van der Waals surface area contributed by atoms with Gasteiger partial charge in [0.15, 0.2) is 11.5 Å². The lowest BCUT2D eigenvalue weighted by atomic mass is 10.1. The van der Waals surface area contributed by atoms with Gasteiger partial charge in [-0.05, 0) is 47.5 Å². The predicted octanol–water partition coefficient (Wildman–Crippen LogP) is 6.08. The van der Waals surface area contributed by atoms with Crippen LogP contribution in [0.4, 0.5) is 19.1 Å². The molecular weight excluding hydrogens is 507 g/mol. The Labute approximate surface area is 221 Å². The van der Waals surface area contributed by atoms with Crippen molar-refractivity contribution in [3.05, 3.63) is 114 Å². The van der Waals surface area contributed by atoms with Crippen LogP contribution in [-0.4, -0.2) is 24.7 Å². The number of ether oxygens (including phenoxy) is 1. The molecule has 0 aliphatic carbocycles. The van der Waals surface area contributed by atoms with E-state index in [0.29, 0.717) is 35.0 Å². The molecule has 39 heavy (non-hydrogen) atoms. The van der Waals surface area contributed by atoms with Crippen LogP contribution < -0.4 is 10.1 Å². The van der Waals surface area contributed by atoms with Gasteiger partial charge in [-0.1, -0.05) is 42.5 Å². The topological polar surface area (TPSA) is 102 Å². The normalized spacial score (nSPS) is 11.1. The number of nitriles is 1. The van der Waals surface area contributed by atoms with Crippen LogP contribution >= 0.6 is 0 Å². The van der Waals surface area contributed by atoms with Crippen LogP contribution in [0.2, 0.25) is 0 Å². The van der Waals surface area contributed by atoms with Gasteiger partial charge in [0.25, 0.3) is 0 Å². The van der Waals surface area contributed by atoms with Gasteiger partial charge in [-0.2, -0.15) is 18.4 Å². The van der Waals surface area contributed by atoms with Crippen LogP contribution in [-0.2, 0) is 19.3 Å². The fraction of sp³-hybridized carbons (Fsp3) is 0.107. The third-order valence-electron chi connectivity index (χ3n) is 5.74. The van der Waals surface area contributed by atoms with E-state index >= 15 is 0 Å². The maximum absolute atomic E-state index is 14.0. The Kier molecular flexibility index (Phi) is 7.18. The monoisotopic (exact) mass is 527 g/mol. The average molecular weight is 528 g/mol. The van der Waals surface area contributed by atoms with Crippen molar-refractivity contribution in [2.75, 3.05) is 5.32 Å². The highest BCUT2D eigenvalue weighted by Gasteiger charge is 2.36. The van der Waals surface area contributed by atoms with Gasteiger partial charge in [-0.3, -0.25) is 0 Å². The van der Waals surface area contributed by atoms with E-state index in [1.807, 2.05) is 30.3 Å². The van der Waals surface area contributed by atoms with Crippen LogP contribution in [0.1, 0.15) is 22.6 Å². The maximum Gasteiger partial charge on any atom is 0.434 e. The van der Waals surface area contributed by atoms with Crippen molar-refractivity contribution in [1.82, 2.24) is 24.7 Å². The summed E-state index contributed by atoms with van der Waals surface area (Å²) in [4.78, 5) is 7.89. The molecule has 0 spiro atoms. The van der Waals surface area contributed by atoms with Crippen LogP contribution in [0.3, 0.4) is 0 Å². The summed E-state index contributed by atoms with van der Waals surface area (Å²) in [6.45, 7) is 0.478. The summed E-state index contributed by atoms with van der Waals surface area (Å²) in [5.41, 5.74) is 0.549. The Morgan fingerprint density at radius 2 is 1.64 bits per heavy atom. The first-order chi connectivity index (χ1) is 18.9. The predicted molar refractivity (Wildman–Crippen MR) is 137 cm³/mol. The maximum atomic E-state index is 14.0. The zero-order valence-corrected chi connectivity index (χ0v) is 20.3. The molecule has 2 heterocycles. The number of halogens is 3. The smallest absolute Gasteiger partial charge is 0.434 e. The molecule has 0 saturated heterocycles. The zero-order chi connectivity index (χ0) is 27.2. The summed E-state index contributed by atoms with van der Waals surface area (Å²) in [5.74, 6) is 1.40. The lowest BCUT2D eigenvalue weighted by molar-refractivity contribution is -0.140. The van der Waals surface area contributed by atoms with Gasteiger partial charge in [0.05, 0.1) is 24.7 Å². The molecule has 5 rings (SSSR count). The Bertz CT molecular complexity index is 1590. The van der Waals surface area contributed by atoms with E-state index in [9.17, 15) is 13.2 Å². The first kappa shape index (κ1) is 25.4. The number of aromatic nitrogens is 5. The first-order valence-electron chi connectivity index (χ1n) is 11.8. The summed E-state index contributed by atoms with van der Waals surface area (Å²) < 4.78 is 49.4. The third kappa shape index (κ3) is 6.19. The van der Waals surface area contributed by atoms with Gasteiger partial charge in [-0.15, -0.1) is 10.2 Å². The highest BCUT2D eigenvalue weighted by molar-refractivity contribution is 5.67. The van der Waals surface area contributed by atoms with Crippen molar-refractivity contribution < 1.29 is 17.9 Å². The van der Waals surface area contributed by atoms with Crippen LogP contribution in [0, 0.1) is 11.3 Å². The number of rotatable bonds is 8. The highest BCUT2D eigenvalue weighted by atomic mass is 19.4. The fourth-order valence-corrected chi connectivity index (χ4v) is 3.81.